The molecule has 1 aromatic carbocycles. The molecule has 0 saturated heterocycles. The van der Waals surface area contributed by atoms with Crippen molar-refractivity contribution in [2.45, 2.75) is 31.5 Å². The summed E-state index contributed by atoms with van der Waals surface area (Å²) < 4.78 is 7.05. The Morgan fingerprint density at radius 3 is 2.61 bits per heavy atom. The van der Waals surface area contributed by atoms with Gasteiger partial charge in [-0.25, -0.2) is 0 Å². The summed E-state index contributed by atoms with van der Waals surface area (Å²) in [6, 6.07) is 6.79. The van der Waals surface area contributed by atoms with Gasteiger partial charge in [0.25, 0.3) is 0 Å². The van der Waals surface area contributed by atoms with Crippen LogP contribution in [-0.4, -0.2) is 33.5 Å². The Hall–Kier alpha value is -2.22. The maximum Gasteiger partial charge on any atom is 0.247 e. The van der Waals surface area contributed by atoms with Gasteiger partial charge < -0.3 is 15.8 Å². The Kier molecular flexibility index (Phi) is 5.86. The number of nitrogens with zero attached hydrogens (tertiary/aromatic N) is 3. The van der Waals surface area contributed by atoms with Crippen LogP contribution < -0.4 is 15.8 Å². The lowest BCUT2D eigenvalue weighted by atomic mass is 10.2. The highest BCUT2D eigenvalue weighted by atomic mass is 32.2. The minimum absolute atomic E-state index is 0.154. The first-order chi connectivity index (χ1) is 11.1. The Morgan fingerprint density at radius 1 is 1.35 bits per heavy atom. The zero-order valence-corrected chi connectivity index (χ0v) is 14.3. The van der Waals surface area contributed by atoms with E-state index >= 15 is 0 Å². The molecule has 0 aliphatic rings. The van der Waals surface area contributed by atoms with Crippen LogP contribution in [0.4, 0.5) is 11.6 Å². The summed E-state index contributed by atoms with van der Waals surface area (Å²) in [7, 11) is 0. The third-order valence-corrected chi connectivity index (χ3v) is 3.95. The molecule has 1 atom stereocenters. The minimum atomic E-state index is -0.459. The van der Waals surface area contributed by atoms with E-state index in [1.807, 2.05) is 32.2 Å². The normalized spacial score (nSPS) is 12.0. The number of aromatic nitrogens is 3. The molecule has 1 amide bonds. The molecule has 2 rings (SSSR count). The number of thioether (sulfide) groups is 1. The first-order valence-corrected chi connectivity index (χ1v) is 8.61. The van der Waals surface area contributed by atoms with Gasteiger partial charge in [-0.05, 0) is 43.9 Å². The van der Waals surface area contributed by atoms with Crippen LogP contribution in [0.5, 0.6) is 5.75 Å². The maximum absolute atomic E-state index is 12.6. The second-order valence-electron chi connectivity index (χ2n) is 4.79. The molecule has 7 nitrogen and oxygen atoms in total. The van der Waals surface area contributed by atoms with E-state index in [-0.39, 0.29) is 11.9 Å². The maximum atomic E-state index is 12.6. The van der Waals surface area contributed by atoms with Crippen molar-refractivity contribution in [2.24, 2.45) is 0 Å². The SMILES string of the molecule is CCOc1ccc(NC(=O)[C@@H](CC)n2c(N)nnc2SC)cc1. The number of amides is 1. The van der Waals surface area contributed by atoms with Gasteiger partial charge in [-0.3, -0.25) is 9.36 Å². The van der Waals surface area contributed by atoms with E-state index in [4.69, 9.17) is 10.5 Å². The number of nitrogens with two attached hydrogens (primary N) is 1. The molecule has 0 aliphatic carbocycles. The number of ether oxygens (including phenoxy) is 1. The molecule has 3 N–H and O–H groups in total. The van der Waals surface area contributed by atoms with Gasteiger partial charge in [0, 0.05) is 5.69 Å². The summed E-state index contributed by atoms with van der Waals surface area (Å²) in [5.74, 6) is 0.853. The highest BCUT2D eigenvalue weighted by Crippen LogP contribution is 2.25. The van der Waals surface area contributed by atoms with Crippen molar-refractivity contribution in [1.82, 2.24) is 14.8 Å². The zero-order valence-electron chi connectivity index (χ0n) is 13.4. The number of nitrogen functional groups attached to an aromatic ring is 1. The van der Waals surface area contributed by atoms with Crippen molar-refractivity contribution in [3.8, 4) is 5.75 Å². The Labute approximate surface area is 139 Å². The summed E-state index contributed by atoms with van der Waals surface area (Å²) in [6.45, 7) is 4.45. The third-order valence-electron chi connectivity index (χ3n) is 3.31. The van der Waals surface area contributed by atoms with E-state index in [1.165, 1.54) is 11.8 Å². The van der Waals surface area contributed by atoms with Crippen LogP contribution in [0, 0.1) is 0 Å². The second-order valence-corrected chi connectivity index (χ2v) is 5.56. The Bertz CT molecular complexity index is 656. The molecule has 8 heteroatoms. The average Bonchev–Trinajstić information content (AvgIpc) is 2.91. The highest BCUT2D eigenvalue weighted by Gasteiger charge is 2.24. The van der Waals surface area contributed by atoms with Crippen LogP contribution in [0.15, 0.2) is 29.4 Å². The number of carbonyl (C=O) groups excluding carboxylic acids is 1. The number of hydrogen-bond donors (Lipinski definition) is 2. The van der Waals surface area contributed by atoms with Crippen molar-refractivity contribution >= 4 is 29.3 Å². The summed E-state index contributed by atoms with van der Waals surface area (Å²) in [5, 5.41) is 11.3. The number of benzene rings is 1. The van der Waals surface area contributed by atoms with E-state index in [9.17, 15) is 4.79 Å². The number of rotatable bonds is 7. The molecule has 0 spiro atoms. The van der Waals surface area contributed by atoms with Gasteiger partial charge in [0.2, 0.25) is 11.9 Å². The third kappa shape index (κ3) is 3.95. The van der Waals surface area contributed by atoms with Gasteiger partial charge in [-0.2, -0.15) is 0 Å². The first-order valence-electron chi connectivity index (χ1n) is 7.38. The molecule has 0 saturated carbocycles. The Balaban J connectivity index is 2.15. The van der Waals surface area contributed by atoms with Crippen LogP contribution >= 0.6 is 11.8 Å². The molecular formula is C15H21N5O2S. The molecule has 0 fully saturated rings. The fraction of sp³-hybridized carbons (Fsp3) is 0.400. The van der Waals surface area contributed by atoms with Crippen molar-refractivity contribution < 1.29 is 9.53 Å². The van der Waals surface area contributed by atoms with E-state index < -0.39 is 6.04 Å². The quantitative estimate of drug-likeness (QED) is 0.755. The van der Waals surface area contributed by atoms with Crippen LogP contribution in [0.3, 0.4) is 0 Å². The Morgan fingerprint density at radius 2 is 2.04 bits per heavy atom. The molecule has 23 heavy (non-hydrogen) atoms. The summed E-state index contributed by atoms with van der Waals surface area (Å²) in [5.41, 5.74) is 6.56. The van der Waals surface area contributed by atoms with Crippen LogP contribution in [0.25, 0.3) is 0 Å². The average molecular weight is 335 g/mol. The molecule has 0 unspecified atom stereocenters. The van der Waals surface area contributed by atoms with Crippen molar-refractivity contribution in [1.29, 1.82) is 0 Å². The van der Waals surface area contributed by atoms with E-state index in [0.717, 1.165) is 5.75 Å². The lowest BCUT2D eigenvalue weighted by Crippen LogP contribution is -2.27. The number of nitrogens with one attached hydrogen (secondary N) is 1. The summed E-state index contributed by atoms with van der Waals surface area (Å²) >= 11 is 1.40. The van der Waals surface area contributed by atoms with Gasteiger partial charge in [-0.15, -0.1) is 10.2 Å². The molecular weight excluding hydrogens is 314 g/mol. The topological polar surface area (TPSA) is 95.1 Å². The molecule has 124 valence electrons. The predicted molar refractivity (Wildman–Crippen MR) is 91.8 cm³/mol. The fourth-order valence-electron chi connectivity index (χ4n) is 2.23. The standard InChI is InChI=1S/C15H21N5O2S/c1-4-12(20-14(16)18-19-15(20)23-3)13(21)17-10-6-8-11(9-7-10)22-5-2/h6-9,12H,4-5H2,1-3H3,(H2,16,18)(H,17,21)/t12-/m1/s1. The van der Waals surface area contributed by atoms with Crippen LogP contribution in [0.2, 0.25) is 0 Å². The summed E-state index contributed by atoms with van der Waals surface area (Å²) in [4.78, 5) is 12.6. The van der Waals surface area contributed by atoms with Crippen molar-refractivity contribution in [3.05, 3.63) is 24.3 Å². The van der Waals surface area contributed by atoms with Gasteiger partial charge >= 0.3 is 0 Å². The molecule has 1 heterocycles. The molecule has 1 aromatic heterocycles. The van der Waals surface area contributed by atoms with Gasteiger partial charge in [0.1, 0.15) is 11.8 Å². The predicted octanol–water partition coefficient (Wildman–Crippen LogP) is 2.57. The molecule has 0 aliphatic heterocycles. The van der Waals surface area contributed by atoms with E-state index in [1.54, 1.807) is 16.7 Å². The second kappa shape index (κ2) is 7.87. The van der Waals surface area contributed by atoms with Gasteiger partial charge in [0.05, 0.1) is 6.61 Å². The minimum Gasteiger partial charge on any atom is -0.494 e. The smallest absolute Gasteiger partial charge is 0.247 e. The van der Waals surface area contributed by atoms with Gasteiger partial charge in [-0.1, -0.05) is 18.7 Å². The van der Waals surface area contributed by atoms with Crippen molar-refractivity contribution in [2.75, 3.05) is 23.9 Å². The number of carbonyl (C=O) groups is 1. The highest BCUT2D eigenvalue weighted by molar-refractivity contribution is 7.98. The largest absolute Gasteiger partial charge is 0.494 e. The zero-order chi connectivity index (χ0) is 16.8. The monoisotopic (exact) mass is 335 g/mol. The van der Waals surface area contributed by atoms with Gasteiger partial charge in [0.15, 0.2) is 5.16 Å². The molecule has 2 aromatic rings. The van der Waals surface area contributed by atoms with E-state index in [2.05, 4.69) is 15.5 Å². The number of anilines is 2. The molecule has 0 bridgehead atoms. The molecule has 0 radical (unpaired) electrons. The van der Waals surface area contributed by atoms with Crippen LogP contribution in [0.1, 0.15) is 26.3 Å². The lowest BCUT2D eigenvalue weighted by molar-refractivity contribution is -0.119. The van der Waals surface area contributed by atoms with Crippen molar-refractivity contribution in [3.63, 3.8) is 0 Å². The lowest BCUT2D eigenvalue weighted by Gasteiger charge is -2.18. The summed E-state index contributed by atoms with van der Waals surface area (Å²) in [6.07, 6.45) is 2.45. The first kappa shape index (κ1) is 17.1. The fourth-order valence-corrected chi connectivity index (χ4v) is 2.77. The van der Waals surface area contributed by atoms with Crippen LogP contribution in [-0.2, 0) is 4.79 Å². The van der Waals surface area contributed by atoms with E-state index in [0.29, 0.717) is 23.9 Å². The number of hydrogen-bond acceptors (Lipinski definition) is 6.